The average Bonchev–Trinajstić information content (AvgIpc) is 2.75. The Bertz CT molecular complexity index is 852. The Labute approximate surface area is 130 Å². The van der Waals surface area contributed by atoms with Crippen LogP contribution in [0.3, 0.4) is 0 Å². The largest absolute Gasteiger partial charge is 0.328 e. The molecule has 1 N–H and O–H groups in total. The maximum absolute atomic E-state index is 13.7. The van der Waals surface area contributed by atoms with Crippen LogP contribution in [0.15, 0.2) is 36.4 Å². The first-order valence-corrected chi connectivity index (χ1v) is 7.15. The van der Waals surface area contributed by atoms with Crippen molar-refractivity contribution in [1.82, 2.24) is 9.55 Å². The molecule has 108 valence electrons. The van der Waals surface area contributed by atoms with Gasteiger partial charge in [-0.3, -0.25) is 0 Å². The minimum atomic E-state index is -0.638. The summed E-state index contributed by atoms with van der Waals surface area (Å²) in [6, 6.07) is 9.59. The molecule has 0 radical (unpaired) electrons. The summed E-state index contributed by atoms with van der Waals surface area (Å²) >= 11 is 11.0. The van der Waals surface area contributed by atoms with Crippen molar-refractivity contribution in [2.24, 2.45) is 0 Å². The van der Waals surface area contributed by atoms with Crippen LogP contribution in [-0.4, -0.2) is 9.55 Å². The molecular formula is C15H11ClF2N2S. The molecule has 0 spiro atoms. The number of rotatable bonds is 3. The van der Waals surface area contributed by atoms with Crippen LogP contribution in [0.1, 0.15) is 5.56 Å². The number of aromatic amines is 1. The van der Waals surface area contributed by atoms with Crippen LogP contribution in [0.2, 0.25) is 5.02 Å². The normalized spacial score (nSPS) is 11.2. The molecule has 3 rings (SSSR count). The third kappa shape index (κ3) is 2.84. The Morgan fingerprint density at radius 1 is 1.14 bits per heavy atom. The summed E-state index contributed by atoms with van der Waals surface area (Å²) in [5.74, 6) is -1.25. The van der Waals surface area contributed by atoms with E-state index in [1.807, 2.05) is 24.3 Å². The second-order valence-corrected chi connectivity index (χ2v) is 5.56. The van der Waals surface area contributed by atoms with E-state index in [1.54, 1.807) is 4.57 Å². The molecule has 0 aliphatic carbocycles. The lowest BCUT2D eigenvalue weighted by Crippen LogP contribution is -2.01. The maximum atomic E-state index is 13.7. The number of benzene rings is 2. The highest BCUT2D eigenvalue weighted by atomic mass is 35.5. The number of hydrogen-bond acceptors (Lipinski definition) is 1. The number of nitrogens with one attached hydrogen (secondary N) is 1. The predicted molar refractivity (Wildman–Crippen MR) is 82.2 cm³/mol. The Morgan fingerprint density at radius 2 is 1.86 bits per heavy atom. The fourth-order valence-corrected chi connectivity index (χ4v) is 2.71. The number of H-pyrrole nitrogens is 1. The third-order valence-electron chi connectivity index (χ3n) is 3.34. The molecule has 0 amide bonds. The second kappa shape index (κ2) is 5.58. The number of halogens is 3. The number of aryl methyl sites for hydroxylation is 2. The summed E-state index contributed by atoms with van der Waals surface area (Å²) in [6.07, 6.45) is 0.691. The molecule has 0 fully saturated rings. The zero-order chi connectivity index (χ0) is 15.0. The van der Waals surface area contributed by atoms with Crippen LogP contribution in [0.4, 0.5) is 8.78 Å². The predicted octanol–water partition coefficient (Wildman–Crippen LogP) is 4.87. The van der Waals surface area contributed by atoms with Gasteiger partial charge in [0.25, 0.3) is 0 Å². The molecule has 2 aromatic carbocycles. The Kier molecular flexibility index (Phi) is 3.78. The average molecular weight is 325 g/mol. The number of fused-ring (bicyclic) bond motifs is 1. The highest BCUT2D eigenvalue weighted by Gasteiger charge is 2.10. The van der Waals surface area contributed by atoms with Crippen molar-refractivity contribution in [3.8, 4) is 0 Å². The van der Waals surface area contributed by atoms with Crippen LogP contribution in [0.5, 0.6) is 0 Å². The third-order valence-corrected chi connectivity index (χ3v) is 3.91. The van der Waals surface area contributed by atoms with E-state index in [0.29, 0.717) is 28.3 Å². The second-order valence-electron chi connectivity index (χ2n) is 4.74. The van der Waals surface area contributed by atoms with Crippen molar-refractivity contribution >= 4 is 34.9 Å². The van der Waals surface area contributed by atoms with Gasteiger partial charge >= 0.3 is 0 Å². The molecule has 0 aliphatic heterocycles. The molecule has 0 aliphatic rings. The van der Waals surface area contributed by atoms with Gasteiger partial charge in [0.1, 0.15) is 11.3 Å². The first-order valence-electron chi connectivity index (χ1n) is 6.36. The van der Waals surface area contributed by atoms with Gasteiger partial charge in [-0.2, -0.15) is 0 Å². The molecule has 3 aromatic rings. The molecule has 2 nitrogen and oxygen atoms in total. The summed E-state index contributed by atoms with van der Waals surface area (Å²) in [5.41, 5.74) is 1.75. The van der Waals surface area contributed by atoms with Gasteiger partial charge in [0, 0.05) is 17.6 Å². The van der Waals surface area contributed by atoms with Gasteiger partial charge in [0.15, 0.2) is 10.6 Å². The van der Waals surface area contributed by atoms with E-state index in [0.717, 1.165) is 11.6 Å². The van der Waals surface area contributed by atoms with E-state index in [4.69, 9.17) is 23.8 Å². The Balaban J connectivity index is 1.95. The van der Waals surface area contributed by atoms with Crippen LogP contribution in [0.25, 0.3) is 11.0 Å². The van der Waals surface area contributed by atoms with Crippen molar-refractivity contribution in [2.75, 3.05) is 0 Å². The lowest BCUT2D eigenvalue weighted by atomic mass is 10.1. The van der Waals surface area contributed by atoms with Gasteiger partial charge in [-0.25, -0.2) is 8.78 Å². The van der Waals surface area contributed by atoms with E-state index in [9.17, 15) is 8.78 Å². The van der Waals surface area contributed by atoms with Gasteiger partial charge < -0.3 is 9.55 Å². The molecule has 0 bridgehead atoms. The molecule has 0 saturated carbocycles. The number of imidazole rings is 1. The molecular weight excluding hydrogens is 314 g/mol. The highest BCUT2D eigenvalue weighted by Crippen LogP contribution is 2.20. The fraction of sp³-hybridized carbons (Fsp3) is 0.133. The molecule has 1 heterocycles. The lowest BCUT2D eigenvalue weighted by molar-refractivity contribution is 0.589. The molecule has 0 saturated heterocycles. The van der Waals surface area contributed by atoms with Crippen LogP contribution >= 0.6 is 23.8 Å². The first-order chi connectivity index (χ1) is 10.0. The summed E-state index contributed by atoms with van der Waals surface area (Å²) in [5, 5.41) is 0.673. The van der Waals surface area contributed by atoms with E-state index in [2.05, 4.69) is 4.98 Å². The van der Waals surface area contributed by atoms with E-state index in [1.165, 1.54) is 6.07 Å². The molecule has 21 heavy (non-hydrogen) atoms. The maximum Gasteiger partial charge on any atom is 0.178 e. The standard InChI is InChI=1S/C15H11ClF2N2S/c16-10-3-1-9(2-4-10)5-6-20-13-8-11(17)7-12(18)14(13)19-15(20)21/h1-4,7-8H,5-6H2,(H,19,21). The van der Waals surface area contributed by atoms with Gasteiger partial charge in [0.05, 0.1) is 5.52 Å². The van der Waals surface area contributed by atoms with Crippen molar-refractivity contribution in [2.45, 2.75) is 13.0 Å². The number of aromatic nitrogens is 2. The summed E-state index contributed by atoms with van der Waals surface area (Å²) in [6.45, 7) is 0.531. The topological polar surface area (TPSA) is 20.7 Å². The number of nitrogens with zero attached hydrogens (tertiary/aromatic N) is 1. The SMILES string of the molecule is Fc1cc(F)c2[nH]c(=S)n(CCc3ccc(Cl)cc3)c2c1. The quantitative estimate of drug-likeness (QED) is 0.681. The van der Waals surface area contributed by atoms with E-state index < -0.39 is 11.6 Å². The lowest BCUT2D eigenvalue weighted by Gasteiger charge is -2.05. The van der Waals surface area contributed by atoms with Crippen molar-refractivity contribution in [1.29, 1.82) is 0 Å². The molecule has 0 unspecified atom stereocenters. The monoisotopic (exact) mass is 324 g/mol. The minimum Gasteiger partial charge on any atom is -0.328 e. The highest BCUT2D eigenvalue weighted by molar-refractivity contribution is 7.71. The fourth-order valence-electron chi connectivity index (χ4n) is 2.29. The zero-order valence-corrected chi connectivity index (χ0v) is 12.4. The van der Waals surface area contributed by atoms with Gasteiger partial charge in [-0.1, -0.05) is 23.7 Å². The van der Waals surface area contributed by atoms with Crippen molar-refractivity contribution in [3.63, 3.8) is 0 Å². The molecule has 1 aromatic heterocycles. The van der Waals surface area contributed by atoms with Gasteiger partial charge in [-0.15, -0.1) is 0 Å². The van der Waals surface area contributed by atoms with Gasteiger partial charge in [-0.05, 0) is 42.4 Å². The smallest absolute Gasteiger partial charge is 0.178 e. The van der Waals surface area contributed by atoms with Crippen LogP contribution in [-0.2, 0) is 13.0 Å². The van der Waals surface area contributed by atoms with Crippen LogP contribution in [0, 0.1) is 16.4 Å². The summed E-state index contributed by atoms with van der Waals surface area (Å²) in [4.78, 5) is 2.78. The number of hydrogen-bond donors (Lipinski definition) is 1. The van der Waals surface area contributed by atoms with Crippen LogP contribution < -0.4 is 0 Å². The van der Waals surface area contributed by atoms with E-state index in [-0.39, 0.29) is 5.52 Å². The van der Waals surface area contributed by atoms with Gasteiger partial charge in [0.2, 0.25) is 0 Å². The zero-order valence-electron chi connectivity index (χ0n) is 10.9. The molecule has 6 heteroatoms. The minimum absolute atomic E-state index is 0.234. The summed E-state index contributed by atoms with van der Waals surface area (Å²) in [7, 11) is 0. The molecule has 0 atom stereocenters. The van der Waals surface area contributed by atoms with E-state index >= 15 is 0 Å². The first kappa shape index (κ1) is 14.2. The van der Waals surface area contributed by atoms with Crippen molar-refractivity contribution in [3.05, 3.63) is 63.4 Å². The Hall–Kier alpha value is -1.72. The summed E-state index contributed by atoms with van der Waals surface area (Å²) < 4.78 is 29.2. The van der Waals surface area contributed by atoms with Crippen molar-refractivity contribution < 1.29 is 8.78 Å². The Morgan fingerprint density at radius 3 is 2.57 bits per heavy atom.